The molecule has 14 heteroatoms. The van der Waals surface area contributed by atoms with Gasteiger partial charge in [-0.15, -0.1) is 0 Å². The molecule has 0 amide bonds. The van der Waals surface area contributed by atoms with Crippen LogP contribution in [0.4, 0.5) is 0 Å². The average molecular weight is 599 g/mol. The van der Waals surface area contributed by atoms with Gasteiger partial charge in [0.2, 0.25) is 0 Å². The van der Waals surface area contributed by atoms with Crippen molar-refractivity contribution in [2.24, 2.45) is 0 Å². The first-order valence-electron chi connectivity index (χ1n) is 1.89. The van der Waals surface area contributed by atoms with Gasteiger partial charge in [-0.05, 0) is 0 Å². The molecule has 0 atom stereocenters. The minimum absolute atomic E-state index is 0. The third-order valence-corrected chi connectivity index (χ3v) is 0. The second kappa shape index (κ2) is 65.9. The Morgan fingerprint density at radius 2 is 0.571 bits per heavy atom. The van der Waals surface area contributed by atoms with Gasteiger partial charge in [-0.3, -0.25) is 0 Å². The summed E-state index contributed by atoms with van der Waals surface area (Å²) in [7, 11) is 16.0. The summed E-state index contributed by atoms with van der Waals surface area (Å²) < 4.78 is 35.6. The van der Waals surface area contributed by atoms with Crippen molar-refractivity contribution in [2.45, 2.75) is 0 Å². The van der Waals surface area contributed by atoms with Gasteiger partial charge in [-0.25, -0.2) is 0 Å². The minimum Gasteiger partial charge on any atom is 2.00 e. The molecule has 0 aliphatic heterocycles. The van der Waals surface area contributed by atoms with Crippen molar-refractivity contribution in [3.05, 3.63) is 0 Å². The van der Waals surface area contributed by atoms with Crippen LogP contribution in [-0.2, 0) is 0 Å². The first-order chi connectivity index (χ1) is 5.66. The van der Waals surface area contributed by atoms with Crippen LogP contribution < -0.4 is 16.5 Å². The standard InChI is InChI=1S/4GeHOS.Mg.Sr/c4*2-1-3;;/h4*1H;;/q4*-1;2*+2. The fourth-order valence-corrected chi connectivity index (χ4v) is 0. The zero-order chi connectivity index (χ0) is 10.8. The van der Waals surface area contributed by atoms with Gasteiger partial charge in [0, 0.05) is 0 Å². The van der Waals surface area contributed by atoms with E-state index in [-0.39, 0.29) is 68.5 Å². The quantitative estimate of drug-likeness (QED) is 0.255. The van der Waals surface area contributed by atoms with Crippen molar-refractivity contribution in [1.29, 1.82) is 0 Å². The van der Waals surface area contributed by atoms with E-state index in [1.165, 1.54) is 0 Å². The summed E-state index contributed by atoms with van der Waals surface area (Å²) in [4.78, 5) is 0. The summed E-state index contributed by atoms with van der Waals surface area (Å²) in [5.41, 5.74) is 0. The Kier molecular flexibility index (Phi) is 171. The first kappa shape index (κ1) is 36.3. The van der Waals surface area contributed by atoms with Gasteiger partial charge in [0.05, 0.1) is 0 Å². The fourth-order valence-electron chi connectivity index (χ4n) is 0. The summed E-state index contributed by atoms with van der Waals surface area (Å²) >= 11 is -5.42. The van der Waals surface area contributed by atoms with Crippen LogP contribution in [0.15, 0.2) is 0 Å². The second-order valence-electron chi connectivity index (χ2n) is 0.385. The van der Waals surface area contributed by atoms with Crippen molar-refractivity contribution in [3.63, 3.8) is 0 Å². The van der Waals surface area contributed by atoms with E-state index in [0.29, 0.717) is 0 Å². The summed E-state index contributed by atoms with van der Waals surface area (Å²) in [6.45, 7) is 0. The molecule has 0 spiro atoms. The molecule has 0 saturated carbocycles. The number of hydrogen-bond acceptors (Lipinski definition) is 8. The Morgan fingerprint density at radius 3 is 0.571 bits per heavy atom. The van der Waals surface area contributed by atoms with Crippen molar-refractivity contribution in [2.75, 3.05) is 0 Å². The van der Waals surface area contributed by atoms with Crippen LogP contribution >= 0.6 is 41.8 Å². The zero-order valence-electron chi connectivity index (χ0n) is 6.99. The molecule has 72 valence electrons. The largest absolute Gasteiger partial charge is 2.00 e. The van der Waals surface area contributed by atoms with Gasteiger partial charge >= 0.3 is 183 Å². The SMILES string of the molecule is [Mg+2].[O-][GeH]=[S].[O-][GeH]=[S].[O-][GeH]=[S].[O-][GeH]=[S].[Sr+2]. The van der Waals surface area contributed by atoms with Crippen molar-refractivity contribution < 1.29 is 16.5 Å². The Labute approximate surface area is 179 Å². The topological polar surface area (TPSA) is 92.2 Å². The van der Waals surface area contributed by atoms with E-state index in [9.17, 15) is 0 Å². The fraction of sp³-hybridized carbons (Fsp3) is 0. The molecule has 0 aliphatic rings. The third kappa shape index (κ3) is 196. The van der Waals surface area contributed by atoms with Crippen molar-refractivity contribution >= 4 is 167 Å². The molecule has 0 aromatic rings. The maximum atomic E-state index is 8.90. The molecule has 0 N–H and O–H groups in total. The molecule has 0 rings (SSSR count). The first-order valence-corrected chi connectivity index (χ1v) is 19.6. The molecule has 0 fully saturated rings. The predicted molar refractivity (Wildman–Crippen MR) is 70.5 cm³/mol. The van der Waals surface area contributed by atoms with E-state index in [1.54, 1.807) is 0 Å². The molecule has 0 aromatic carbocycles. The normalized spacial score (nSPS) is 3.43. The van der Waals surface area contributed by atoms with E-state index in [0.717, 1.165) is 0 Å². The van der Waals surface area contributed by atoms with Crippen molar-refractivity contribution in [3.8, 4) is 0 Å². The molecular weight excluding hydrogens is 595 g/mol. The molecule has 0 radical (unpaired) electrons. The summed E-state index contributed by atoms with van der Waals surface area (Å²) in [5.74, 6) is 0. The molecule has 4 nitrogen and oxygen atoms in total. The number of rotatable bonds is 0. The van der Waals surface area contributed by atoms with Crippen LogP contribution in [0.2, 0.25) is 0 Å². The Morgan fingerprint density at radius 1 is 0.571 bits per heavy atom. The molecule has 0 bridgehead atoms. The van der Waals surface area contributed by atoms with E-state index in [2.05, 4.69) is 41.8 Å². The number of hydrogen-bond donors (Lipinski definition) is 0. The second-order valence-corrected chi connectivity index (χ2v) is 6.00. The van der Waals surface area contributed by atoms with Gasteiger partial charge in [-0.1, -0.05) is 0 Å². The van der Waals surface area contributed by atoms with E-state index in [4.69, 9.17) is 16.5 Å². The van der Waals surface area contributed by atoms with E-state index < -0.39 is 56.5 Å². The third-order valence-electron chi connectivity index (χ3n) is 0. The smallest absolute Gasteiger partial charge is 2.00 e. The molecular formula is H4Ge4MgO4S4Sr. The van der Waals surface area contributed by atoms with E-state index in [1.807, 2.05) is 0 Å². The van der Waals surface area contributed by atoms with Crippen LogP contribution in [0.1, 0.15) is 0 Å². The molecule has 14 heavy (non-hydrogen) atoms. The van der Waals surface area contributed by atoms with Gasteiger partial charge in [0.1, 0.15) is 0 Å². The van der Waals surface area contributed by atoms with Crippen molar-refractivity contribution in [1.82, 2.24) is 0 Å². The van der Waals surface area contributed by atoms with Crippen LogP contribution in [0.5, 0.6) is 0 Å². The molecule has 0 aromatic heterocycles. The van der Waals surface area contributed by atoms with E-state index >= 15 is 0 Å². The monoisotopic (exact) mass is 603 g/mol. The maximum absolute atomic E-state index is 8.90. The van der Waals surface area contributed by atoms with Crippen LogP contribution in [0.3, 0.4) is 0 Å². The minimum atomic E-state index is -1.35. The van der Waals surface area contributed by atoms with Gasteiger partial charge < -0.3 is 0 Å². The Hall–Kier alpha value is 4.50. The van der Waals surface area contributed by atoms with Gasteiger partial charge in [-0.2, -0.15) is 0 Å². The van der Waals surface area contributed by atoms with Crippen LogP contribution in [-0.4, -0.2) is 125 Å². The summed E-state index contributed by atoms with van der Waals surface area (Å²) in [6.07, 6.45) is 0. The summed E-state index contributed by atoms with van der Waals surface area (Å²) in [6, 6.07) is 0. The average Bonchev–Trinajstić information content (AvgIpc) is 1.92. The van der Waals surface area contributed by atoms with Crippen LogP contribution in [0, 0.1) is 0 Å². The van der Waals surface area contributed by atoms with Gasteiger partial charge in [0.25, 0.3) is 0 Å². The molecule has 0 unspecified atom stereocenters. The predicted octanol–water partition coefficient (Wildman–Crippen LogP) is -5.52. The Balaban J connectivity index is -0.0000000145. The molecule has 0 aliphatic carbocycles. The molecule has 0 saturated heterocycles. The summed E-state index contributed by atoms with van der Waals surface area (Å²) in [5, 5.41) is 0. The zero-order valence-corrected chi connectivity index (χ0v) is 24.8. The van der Waals surface area contributed by atoms with Crippen LogP contribution in [0.25, 0.3) is 0 Å². The van der Waals surface area contributed by atoms with Gasteiger partial charge in [0.15, 0.2) is 0 Å². The maximum Gasteiger partial charge on any atom is 2.00 e. The Bertz CT molecular complexity index is 83.3. The molecule has 0 heterocycles.